The Morgan fingerprint density at radius 1 is 0.606 bits per heavy atom. The van der Waals surface area contributed by atoms with Crippen molar-refractivity contribution in [3.05, 3.63) is 12.2 Å². The van der Waals surface area contributed by atoms with Gasteiger partial charge in [0.2, 0.25) is 0 Å². The Hall–Kier alpha value is -0.790. The highest BCUT2D eigenvalue weighted by atomic mass is 16.5. The minimum absolute atomic E-state index is 0.213. The van der Waals surface area contributed by atoms with E-state index in [0.717, 1.165) is 5.92 Å². The number of ether oxygens (including phenoxy) is 1. The molecule has 0 aliphatic heterocycles. The predicted octanol–water partition coefficient (Wildman–Crippen LogP) is 10.6. The number of hydrogen-bond donors (Lipinski definition) is 0. The van der Waals surface area contributed by atoms with Gasteiger partial charge in [0.05, 0.1) is 6.61 Å². The van der Waals surface area contributed by atoms with E-state index in [1.54, 1.807) is 6.92 Å². The van der Waals surface area contributed by atoms with E-state index in [9.17, 15) is 4.79 Å². The highest BCUT2D eigenvalue weighted by Gasteiger charge is 2.18. The van der Waals surface area contributed by atoms with Crippen LogP contribution < -0.4 is 0 Å². The van der Waals surface area contributed by atoms with Crippen molar-refractivity contribution in [1.29, 1.82) is 0 Å². The molecular weight excluding hydrogens is 404 g/mol. The maximum atomic E-state index is 12.0. The fourth-order valence-corrected chi connectivity index (χ4v) is 4.90. The zero-order valence-corrected chi connectivity index (χ0v) is 23.2. The Bertz CT molecular complexity index is 442. The van der Waals surface area contributed by atoms with E-state index in [-0.39, 0.29) is 5.97 Å². The van der Waals surface area contributed by atoms with Gasteiger partial charge in [-0.1, -0.05) is 149 Å². The zero-order chi connectivity index (χ0) is 24.6. The summed E-state index contributed by atoms with van der Waals surface area (Å²) in [6.45, 7) is 13.0. The lowest BCUT2D eigenvalue weighted by atomic mass is 9.84. The maximum Gasteiger partial charge on any atom is 0.333 e. The number of rotatable bonds is 25. The lowest BCUT2D eigenvalue weighted by Crippen LogP contribution is -2.18. The first-order chi connectivity index (χ1) is 16.0. The van der Waals surface area contributed by atoms with E-state index in [1.807, 2.05) is 0 Å². The van der Waals surface area contributed by atoms with Gasteiger partial charge < -0.3 is 4.74 Å². The molecular formula is C31H60O2. The average molecular weight is 465 g/mol. The molecule has 0 aliphatic carbocycles. The van der Waals surface area contributed by atoms with E-state index in [4.69, 9.17) is 4.74 Å². The minimum atomic E-state index is -0.213. The quantitative estimate of drug-likeness (QED) is 0.0762. The molecule has 0 radical (unpaired) electrons. The Morgan fingerprint density at radius 2 is 0.970 bits per heavy atom. The van der Waals surface area contributed by atoms with Gasteiger partial charge in [0.15, 0.2) is 0 Å². The highest BCUT2D eigenvalue weighted by molar-refractivity contribution is 5.86. The van der Waals surface area contributed by atoms with E-state index >= 15 is 0 Å². The highest BCUT2D eigenvalue weighted by Crippen LogP contribution is 2.28. The molecule has 0 aromatic rings. The first-order valence-corrected chi connectivity index (χ1v) is 14.9. The van der Waals surface area contributed by atoms with Crippen LogP contribution in [0.2, 0.25) is 0 Å². The summed E-state index contributed by atoms with van der Waals surface area (Å²) in [6.07, 6.45) is 28.2. The standard InChI is InChI=1S/C31H60O2/c1-6-9-12-15-18-21-24-29(23-20-17-14-11-8-3)26-30(27-33-31(32)28(4)5)25-22-19-16-13-10-7-2/h29-30H,4,6-27H2,1-3,5H3. The van der Waals surface area contributed by atoms with Crippen molar-refractivity contribution in [1.82, 2.24) is 0 Å². The SMILES string of the molecule is C=C(C)C(=O)OCC(CCCCCCCC)CC(CCCCCCC)CCCCCCCC. The van der Waals surface area contributed by atoms with Gasteiger partial charge in [-0.05, 0) is 31.6 Å². The molecule has 196 valence electrons. The molecule has 2 heteroatoms. The second-order valence-corrected chi connectivity index (χ2v) is 10.7. The second kappa shape index (κ2) is 24.3. The third-order valence-electron chi connectivity index (χ3n) is 7.11. The first kappa shape index (κ1) is 32.2. The van der Waals surface area contributed by atoms with Crippen molar-refractivity contribution in [2.75, 3.05) is 6.61 Å². The summed E-state index contributed by atoms with van der Waals surface area (Å²) in [6, 6.07) is 0. The van der Waals surface area contributed by atoms with Gasteiger partial charge in [-0.2, -0.15) is 0 Å². The van der Waals surface area contributed by atoms with E-state index in [1.165, 1.54) is 135 Å². The van der Waals surface area contributed by atoms with E-state index in [2.05, 4.69) is 27.4 Å². The molecule has 0 saturated carbocycles. The van der Waals surface area contributed by atoms with Crippen molar-refractivity contribution >= 4 is 5.97 Å². The Labute approximate surface area is 208 Å². The van der Waals surface area contributed by atoms with Crippen LogP contribution in [-0.4, -0.2) is 12.6 Å². The molecule has 0 saturated heterocycles. The van der Waals surface area contributed by atoms with Crippen LogP contribution in [0.15, 0.2) is 12.2 Å². The maximum absolute atomic E-state index is 12.0. The molecule has 2 unspecified atom stereocenters. The lowest BCUT2D eigenvalue weighted by Gasteiger charge is -2.24. The second-order valence-electron chi connectivity index (χ2n) is 10.7. The van der Waals surface area contributed by atoms with Gasteiger partial charge in [0.1, 0.15) is 0 Å². The smallest absolute Gasteiger partial charge is 0.333 e. The number of esters is 1. The molecule has 0 N–H and O–H groups in total. The summed E-state index contributed by atoms with van der Waals surface area (Å²) in [5, 5.41) is 0. The Kier molecular flexibility index (Phi) is 23.8. The van der Waals surface area contributed by atoms with E-state index < -0.39 is 0 Å². The number of carbonyl (C=O) groups is 1. The first-order valence-electron chi connectivity index (χ1n) is 14.9. The molecule has 0 aromatic carbocycles. The van der Waals surface area contributed by atoms with Crippen LogP contribution in [0.25, 0.3) is 0 Å². The number of unbranched alkanes of at least 4 members (excludes halogenated alkanes) is 14. The summed E-state index contributed by atoms with van der Waals surface area (Å²) < 4.78 is 5.65. The fraction of sp³-hybridized carbons (Fsp3) is 0.903. The van der Waals surface area contributed by atoms with Crippen molar-refractivity contribution in [3.63, 3.8) is 0 Å². The average Bonchev–Trinajstić information content (AvgIpc) is 2.80. The van der Waals surface area contributed by atoms with Gasteiger partial charge in [-0.15, -0.1) is 0 Å². The van der Waals surface area contributed by atoms with Crippen molar-refractivity contribution in [2.24, 2.45) is 11.8 Å². The third kappa shape index (κ3) is 21.5. The molecule has 0 amide bonds. The Morgan fingerprint density at radius 3 is 1.36 bits per heavy atom. The monoisotopic (exact) mass is 464 g/mol. The molecule has 0 aromatic heterocycles. The molecule has 2 atom stereocenters. The molecule has 2 nitrogen and oxygen atoms in total. The summed E-state index contributed by atoms with van der Waals surface area (Å²) in [5.74, 6) is 1.10. The van der Waals surface area contributed by atoms with Crippen molar-refractivity contribution in [3.8, 4) is 0 Å². The molecule has 0 rings (SSSR count). The van der Waals surface area contributed by atoms with Gasteiger partial charge in [0, 0.05) is 5.57 Å². The van der Waals surface area contributed by atoms with Crippen LogP contribution >= 0.6 is 0 Å². The van der Waals surface area contributed by atoms with Crippen molar-refractivity contribution < 1.29 is 9.53 Å². The molecule has 0 bridgehead atoms. The van der Waals surface area contributed by atoms with Crippen LogP contribution in [0.3, 0.4) is 0 Å². The normalized spacial score (nSPS) is 13.1. The lowest BCUT2D eigenvalue weighted by molar-refractivity contribution is -0.140. The van der Waals surface area contributed by atoms with Crippen LogP contribution in [-0.2, 0) is 9.53 Å². The predicted molar refractivity (Wildman–Crippen MR) is 147 cm³/mol. The van der Waals surface area contributed by atoms with Gasteiger partial charge in [-0.3, -0.25) is 0 Å². The largest absolute Gasteiger partial charge is 0.462 e. The Balaban J connectivity index is 4.70. The summed E-state index contributed by atoms with van der Waals surface area (Å²) in [7, 11) is 0. The fourth-order valence-electron chi connectivity index (χ4n) is 4.90. The summed E-state index contributed by atoms with van der Waals surface area (Å²) in [5.41, 5.74) is 0.521. The molecule has 0 heterocycles. The van der Waals surface area contributed by atoms with Crippen LogP contribution in [0.5, 0.6) is 0 Å². The third-order valence-corrected chi connectivity index (χ3v) is 7.11. The van der Waals surface area contributed by atoms with E-state index in [0.29, 0.717) is 18.1 Å². The van der Waals surface area contributed by atoms with Gasteiger partial charge >= 0.3 is 5.97 Å². The van der Waals surface area contributed by atoms with Crippen LogP contribution in [0, 0.1) is 11.8 Å². The molecule has 0 aliphatic rings. The molecule has 0 fully saturated rings. The summed E-state index contributed by atoms with van der Waals surface area (Å²) in [4.78, 5) is 12.0. The number of carbonyl (C=O) groups excluding carboxylic acids is 1. The minimum Gasteiger partial charge on any atom is -0.462 e. The summed E-state index contributed by atoms with van der Waals surface area (Å²) >= 11 is 0. The van der Waals surface area contributed by atoms with Crippen LogP contribution in [0.4, 0.5) is 0 Å². The molecule has 0 spiro atoms. The zero-order valence-electron chi connectivity index (χ0n) is 23.2. The van der Waals surface area contributed by atoms with Crippen LogP contribution in [0.1, 0.15) is 163 Å². The van der Waals surface area contributed by atoms with Gasteiger partial charge in [-0.25, -0.2) is 4.79 Å². The molecule has 33 heavy (non-hydrogen) atoms. The topological polar surface area (TPSA) is 26.3 Å². The van der Waals surface area contributed by atoms with Crippen molar-refractivity contribution in [2.45, 2.75) is 163 Å². The van der Waals surface area contributed by atoms with Gasteiger partial charge in [0.25, 0.3) is 0 Å². The number of hydrogen-bond acceptors (Lipinski definition) is 2.